The Labute approximate surface area is 171 Å². The first kappa shape index (κ1) is 20.5. The highest BCUT2D eigenvalue weighted by Crippen LogP contribution is 2.25. The summed E-state index contributed by atoms with van der Waals surface area (Å²) in [4.78, 5) is 17.3. The van der Waals surface area contributed by atoms with Gasteiger partial charge in [-0.1, -0.05) is 30.3 Å². The molecule has 0 aliphatic carbocycles. The van der Waals surface area contributed by atoms with Crippen LogP contribution in [0.25, 0.3) is 0 Å². The zero-order valence-electron chi connectivity index (χ0n) is 17.1. The van der Waals surface area contributed by atoms with Gasteiger partial charge in [0.15, 0.2) is 0 Å². The predicted molar refractivity (Wildman–Crippen MR) is 112 cm³/mol. The van der Waals surface area contributed by atoms with Gasteiger partial charge in [-0.15, -0.1) is 0 Å². The van der Waals surface area contributed by atoms with Crippen molar-refractivity contribution in [2.24, 2.45) is 7.05 Å². The fourth-order valence-electron chi connectivity index (χ4n) is 3.26. The van der Waals surface area contributed by atoms with Crippen molar-refractivity contribution in [3.05, 3.63) is 77.9 Å². The topological polar surface area (TPSA) is 65.4 Å². The molecule has 1 N–H and O–H groups in total. The van der Waals surface area contributed by atoms with Crippen LogP contribution < -0.4 is 14.8 Å². The Kier molecular flexibility index (Phi) is 6.89. The van der Waals surface area contributed by atoms with E-state index < -0.39 is 0 Å². The normalized spacial score (nSPS) is 11.7. The van der Waals surface area contributed by atoms with Gasteiger partial charge in [0.05, 0.1) is 13.7 Å². The second-order valence-corrected chi connectivity index (χ2v) is 6.71. The van der Waals surface area contributed by atoms with Crippen LogP contribution in [-0.4, -0.2) is 29.2 Å². The number of amides is 1. The number of aryl methyl sites for hydroxylation is 2. The number of imidazole rings is 1. The van der Waals surface area contributed by atoms with Gasteiger partial charge < -0.3 is 19.4 Å². The number of benzene rings is 2. The van der Waals surface area contributed by atoms with E-state index in [0.29, 0.717) is 19.4 Å². The van der Waals surface area contributed by atoms with Crippen LogP contribution in [-0.2, 0) is 18.3 Å². The van der Waals surface area contributed by atoms with Gasteiger partial charge in [-0.25, -0.2) is 4.98 Å². The van der Waals surface area contributed by atoms with Crippen molar-refractivity contribution < 1.29 is 14.3 Å². The maximum Gasteiger partial charge on any atom is 0.221 e. The standard InChI is InChI=1S/C23H27N3O3/c1-4-29-20-11-6-5-8-17(20)12-13-21(27)25-22(23-24-14-15-26(23)2)18-9-7-10-19(16-18)28-3/h5-11,14-16,22H,4,12-13H2,1-3H3,(H,25,27). The number of methoxy groups -OCH3 is 1. The monoisotopic (exact) mass is 393 g/mol. The van der Waals surface area contributed by atoms with Gasteiger partial charge in [0.25, 0.3) is 0 Å². The van der Waals surface area contributed by atoms with Crippen molar-refractivity contribution in [1.82, 2.24) is 14.9 Å². The van der Waals surface area contributed by atoms with Crippen molar-refractivity contribution in [1.29, 1.82) is 0 Å². The van der Waals surface area contributed by atoms with E-state index in [1.54, 1.807) is 13.3 Å². The van der Waals surface area contributed by atoms with E-state index in [4.69, 9.17) is 9.47 Å². The van der Waals surface area contributed by atoms with E-state index in [1.807, 2.05) is 73.3 Å². The van der Waals surface area contributed by atoms with Gasteiger partial charge in [0.1, 0.15) is 23.4 Å². The van der Waals surface area contributed by atoms with E-state index in [0.717, 1.165) is 28.5 Å². The Morgan fingerprint density at radius 3 is 2.76 bits per heavy atom. The van der Waals surface area contributed by atoms with Gasteiger partial charge in [0.2, 0.25) is 5.91 Å². The van der Waals surface area contributed by atoms with E-state index in [1.165, 1.54) is 0 Å². The fraction of sp³-hybridized carbons (Fsp3) is 0.304. The molecule has 0 bridgehead atoms. The molecular weight excluding hydrogens is 366 g/mol. The van der Waals surface area contributed by atoms with Crippen LogP contribution in [0.5, 0.6) is 11.5 Å². The first-order valence-corrected chi connectivity index (χ1v) is 9.73. The van der Waals surface area contributed by atoms with E-state index >= 15 is 0 Å². The summed E-state index contributed by atoms with van der Waals surface area (Å²) in [7, 11) is 3.54. The molecule has 1 heterocycles. The molecule has 1 unspecified atom stereocenters. The summed E-state index contributed by atoms with van der Waals surface area (Å²) in [5, 5.41) is 3.13. The van der Waals surface area contributed by atoms with Crippen LogP contribution in [0.3, 0.4) is 0 Å². The zero-order valence-corrected chi connectivity index (χ0v) is 17.1. The number of hydrogen-bond acceptors (Lipinski definition) is 4. The molecule has 1 aromatic heterocycles. The lowest BCUT2D eigenvalue weighted by Gasteiger charge is -2.20. The molecule has 0 aliphatic heterocycles. The van der Waals surface area contributed by atoms with Gasteiger partial charge >= 0.3 is 0 Å². The molecule has 3 aromatic rings. The zero-order chi connectivity index (χ0) is 20.6. The number of carbonyl (C=O) groups is 1. The number of carbonyl (C=O) groups excluding carboxylic acids is 1. The highest BCUT2D eigenvalue weighted by atomic mass is 16.5. The molecule has 1 atom stereocenters. The van der Waals surface area contributed by atoms with Gasteiger partial charge in [-0.05, 0) is 42.7 Å². The van der Waals surface area contributed by atoms with Gasteiger partial charge in [-0.2, -0.15) is 0 Å². The van der Waals surface area contributed by atoms with E-state index in [-0.39, 0.29) is 11.9 Å². The van der Waals surface area contributed by atoms with Crippen molar-refractivity contribution >= 4 is 5.91 Å². The largest absolute Gasteiger partial charge is 0.497 e. The van der Waals surface area contributed by atoms with Crippen LogP contribution >= 0.6 is 0 Å². The maximum absolute atomic E-state index is 12.8. The summed E-state index contributed by atoms with van der Waals surface area (Å²) in [5.41, 5.74) is 1.95. The highest BCUT2D eigenvalue weighted by Gasteiger charge is 2.21. The number of rotatable bonds is 9. The first-order chi connectivity index (χ1) is 14.1. The third-order valence-electron chi connectivity index (χ3n) is 4.74. The number of nitrogens with zero attached hydrogens (tertiary/aromatic N) is 2. The average molecular weight is 393 g/mol. The number of ether oxygens (including phenoxy) is 2. The molecule has 0 saturated carbocycles. The molecule has 0 spiro atoms. The Balaban J connectivity index is 1.76. The highest BCUT2D eigenvalue weighted by molar-refractivity contribution is 5.77. The van der Waals surface area contributed by atoms with Gasteiger partial charge in [-0.3, -0.25) is 4.79 Å². The second kappa shape index (κ2) is 9.78. The smallest absolute Gasteiger partial charge is 0.221 e. The molecule has 0 aliphatic rings. The van der Waals surface area contributed by atoms with E-state index in [9.17, 15) is 4.79 Å². The number of nitrogens with one attached hydrogen (secondary N) is 1. The van der Waals surface area contributed by atoms with Crippen LogP contribution in [0.15, 0.2) is 60.9 Å². The fourth-order valence-corrected chi connectivity index (χ4v) is 3.26. The second-order valence-electron chi connectivity index (χ2n) is 6.71. The van der Waals surface area contributed by atoms with Crippen LogP contribution in [0.1, 0.15) is 36.3 Å². The van der Waals surface area contributed by atoms with Crippen LogP contribution in [0.4, 0.5) is 0 Å². The molecule has 0 fully saturated rings. The minimum atomic E-state index is -0.361. The molecule has 1 amide bonds. The van der Waals surface area contributed by atoms with Crippen molar-refractivity contribution in [2.45, 2.75) is 25.8 Å². The number of hydrogen-bond donors (Lipinski definition) is 1. The Morgan fingerprint density at radius 2 is 2.03 bits per heavy atom. The third-order valence-corrected chi connectivity index (χ3v) is 4.74. The average Bonchev–Trinajstić information content (AvgIpc) is 3.17. The predicted octanol–water partition coefficient (Wildman–Crippen LogP) is 3.67. The summed E-state index contributed by atoms with van der Waals surface area (Å²) in [6, 6.07) is 15.1. The third kappa shape index (κ3) is 5.16. The minimum Gasteiger partial charge on any atom is -0.497 e. The van der Waals surface area contributed by atoms with Crippen molar-refractivity contribution in [3.8, 4) is 11.5 Å². The first-order valence-electron chi connectivity index (χ1n) is 9.73. The molecule has 2 aromatic carbocycles. The summed E-state index contributed by atoms with van der Waals surface area (Å²) in [5.74, 6) is 2.28. The Bertz CT molecular complexity index is 952. The molecule has 6 heteroatoms. The quantitative estimate of drug-likeness (QED) is 0.602. The maximum atomic E-state index is 12.8. The summed E-state index contributed by atoms with van der Waals surface area (Å²) < 4.78 is 12.9. The van der Waals surface area contributed by atoms with Crippen molar-refractivity contribution in [2.75, 3.05) is 13.7 Å². The summed E-state index contributed by atoms with van der Waals surface area (Å²) >= 11 is 0. The lowest BCUT2D eigenvalue weighted by Crippen LogP contribution is -2.31. The molecule has 0 saturated heterocycles. The number of aromatic nitrogens is 2. The minimum absolute atomic E-state index is 0.0490. The van der Waals surface area contributed by atoms with Crippen LogP contribution in [0.2, 0.25) is 0 Å². The number of para-hydroxylation sites is 1. The van der Waals surface area contributed by atoms with Crippen molar-refractivity contribution in [3.63, 3.8) is 0 Å². The lowest BCUT2D eigenvalue weighted by molar-refractivity contribution is -0.121. The van der Waals surface area contributed by atoms with Gasteiger partial charge in [0, 0.05) is 25.9 Å². The SMILES string of the molecule is CCOc1ccccc1CCC(=O)NC(c1cccc(OC)c1)c1nccn1C. The molecule has 0 radical (unpaired) electrons. The van der Waals surface area contributed by atoms with Crippen LogP contribution in [0, 0.1) is 0 Å². The summed E-state index contributed by atoms with van der Waals surface area (Å²) in [6.07, 6.45) is 4.56. The molecule has 6 nitrogen and oxygen atoms in total. The Morgan fingerprint density at radius 1 is 1.21 bits per heavy atom. The molecule has 152 valence electrons. The molecule has 3 rings (SSSR count). The summed E-state index contributed by atoms with van der Waals surface area (Å²) in [6.45, 7) is 2.55. The molecule has 29 heavy (non-hydrogen) atoms. The Hall–Kier alpha value is -3.28. The lowest BCUT2D eigenvalue weighted by atomic mass is 10.0. The van der Waals surface area contributed by atoms with E-state index in [2.05, 4.69) is 10.3 Å². The molecular formula is C23H27N3O3.